The van der Waals surface area contributed by atoms with Gasteiger partial charge in [0.05, 0.1) is 16.7 Å². The summed E-state index contributed by atoms with van der Waals surface area (Å²) in [5, 5.41) is 14.8. The highest BCUT2D eigenvalue weighted by atomic mass is 15.1. The van der Waals surface area contributed by atoms with Gasteiger partial charge in [-0.05, 0) is 125 Å². The number of para-hydroxylation sites is 1. The van der Waals surface area contributed by atoms with Crippen molar-refractivity contribution in [3.63, 3.8) is 0 Å². The minimum Gasteiger partial charge on any atom is -0.310 e. The third-order valence-corrected chi connectivity index (χ3v) is 13.3. The molecule has 0 atom stereocenters. The molecular formula is C62H40N2. The molecule has 0 saturated heterocycles. The van der Waals surface area contributed by atoms with Gasteiger partial charge in [0, 0.05) is 33.2 Å². The molecular weight excluding hydrogens is 773 g/mol. The Morgan fingerprint density at radius 1 is 0.266 bits per heavy atom. The molecule has 0 fully saturated rings. The zero-order chi connectivity index (χ0) is 42.1. The Labute approximate surface area is 371 Å². The molecule has 1 aromatic heterocycles. The summed E-state index contributed by atoms with van der Waals surface area (Å²) in [7, 11) is 0. The Hall–Kier alpha value is -8.46. The van der Waals surface area contributed by atoms with Gasteiger partial charge in [0.15, 0.2) is 0 Å². The van der Waals surface area contributed by atoms with Gasteiger partial charge in [-0.2, -0.15) is 0 Å². The highest BCUT2D eigenvalue weighted by molar-refractivity contribution is 6.23. The maximum Gasteiger partial charge on any atom is 0.0542 e. The minimum absolute atomic E-state index is 1.09. The van der Waals surface area contributed by atoms with E-state index in [-0.39, 0.29) is 0 Å². The van der Waals surface area contributed by atoms with Crippen LogP contribution in [0.3, 0.4) is 0 Å². The van der Waals surface area contributed by atoms with Gasteiger partial charge in [-0.15, -0.1) is 0 Å². The summed E-state index contributed by atoms with van der Waals surface area (Å²) in [5.41, 5.74) is 11.7. The molecule has 0 aliphatic carbocycles. The fraction of sp³-hybridized carbons (Fsp3) is 0. The van der Waals surface area contributed by atoms with Crippen LogP contribution in [0.25, 0.3) is 104 Å². The monoisotopic (exact) mass is 812 g/mol. The second-order valence-corrected chi connectivity index (χ2v) is 16.8. The Bertz CT molecular complexity index is 3960. The average Bonchev–Trinajstić information content (AvgIpc) is 3.70. The van der Waals surface area contributed by atoms with E-state index < -0.39 is 0 Å². The first-order valence-electron chi connectivity index (χ1n) is 22.1. The molecule has 0 spiro atoms. The van der Waals surface area contributed by atoms with Crippen molar-refractivity contribution in [1.82, 2.24) is 4.57 Å². The molecule has 2 nitrogen and oxygen atoms in total. The molecule has 2 heteroatoms. The summed E-state index contributed by atoms with van der Waals surface area (Å²) in [5.74, 6) is 0. The minimum atomic E-state index is 1.09. The topological polar surface area (TPSA) is 8.17 Å². The number of benzene rings is 12. The van der Waals surface area contributed by atoms with Crippen molar-refractivity contribution in [3.8, 4) is 27.9 Å². The van der Waals surface area contributed by atoms with Gasteiger partial charge in [0.25, 0.3) is 0 Å². The molecule has 0 N–H and O–H groups in total. The van der Waals surface area contributed by atoms with E-state index in [1.54, 1.807) is 0 Å². The molecule has 0 saturated carbocycles. The number of rotatable bonds is 6. The van der Waals surface area contributed by atoms with Gasteiger partial charge in [-0.25, -0.2) is 0 Å². The molecule has 0 bridgehead atoms. The standard InChI is InChI=1S/C62H40N2/c1-3-18-43(19-4-1)61-55-26-12-11-24-51(55)52-36-33-47(40-57(52)62(61)44-20-5-2-6-21-44)63(58-29-15-27-50-49-23-10-9-17-42(49)31-35-54(50)58)48-34-37-60-56(39-48)53-25-13-14-28-59(53)64(60)46-32-30-41-16-7-8-22-45(41)38-46/h1-40H. The summed E-state index contributed by atoms with van der Waals surface area (Å²) in [6.45, 7) is 0. The lowest BCUT2D eigenvalue weighted by atomic mass is 9.85. The van der Waals surface area contributed by atoms with E-state index in [1.807, 2.05) is 0 Å². The SMILES string of the molecule is c1ccc(-c2c(-c3ccccc3)c3cc(N(c4ccc5c(c4)c4ccccc4n5-c4ccc5ccccc5c4)c4cccc5c4ccc4ccccc45)ccc3c3ccccc23)cc1. The molecule has 13 aromatic rings. The van der Waals surface area contributed by atoms with E-state index in [1.165, 1.54) is 97.9 Å². The normalized spacial score (nSPS) is 11.8. The van der Waals surface area contributed by atoms with Crippen LogP contribution in [0.4, 0.5) is 17.1 Å². The van der Waals surface area contributed by atoms with Gasteiger partial charge < -0.3 is 9.47 Å². The predicted molar refractivity (Wildman–Crippen MR) is 274 cm³/mol. The Morgan fingerprint density at radius 2 is 0.781 bits per heavy atom. The molecule has 0 aliphatic heterocycles. The molecule has 1 heterocycles. The van der Waals surface area contributed by atoms with E-state index in [4.69, 9.17) is 0 Å². The molecule has 0 radical (unpaired) electrons. The number of anilines is 3. The van der Waals surface area contributed by atoms with Crippen LogP contribution in [0.2, 0.25) is 0 Å². The van der Waals surface area contributed by atoms with Gasteiger partial charge in [-0.1, -0.05) is 188 Å². The van der Waals surface area contributed by atoms with Crippen LogP contribution in [0.1, 0.15) is 0 Å². The van der Waals surface area contributed by atoms with Crippen LogP contribution >= 0.6 is 0 Å². The summed E-state index contributed by atoms with van der Waals surface area (Å²) >= 11 is 0. The predicted octanol–water partition coefficient (Wildman–Crippen LogP) is 17.4. The van der Waals surface area contributed by atoms with Gasteiger partial charge >= 0.3 is 0 Å². The largest absolute Gasteiger partial charge is 0.310 e. The summed E-state index contributed by atoms with van der Waals surface area (Å²) in [6.07, 6.45) is 0. The lowest BCUT2D eigenvalue weighted by Crippen LogP contribution is -2.11. The molecule has 13 rings (SSSR count). The lowest BCUT2D eigenvalue weighted by Gasteiger charge is -2.28. The number of fused-ring (bicyclic) bond motifs is 10. The average molecular weight is 813 g/mol. The van der Waals surface area contributed by atoms with Crippen LogP contribution < -0.4 is 4.90 Å². The van der Waals surface area contributed by atoms with Crippen LogP contribution in [0.15, 0.2) is 243 Å². The van der Waals surface area contributed by atoms with Crippen LogP contribution in [0, 0.1) is 0 Å². The fourth-order valence-electron chi connectivity index (χ4n) is 10.5. The quantitative estimate of drug-likeness (QED) is 0.152. The second-order valence-electron chi connectivity index (χ2n) is 16.8. The van der Waals surface area contributed by atoms with Crippen molar-refractivity contribution in [2.24, 2.45) is 0 Å². The molecule has 0 unspecified atom stereocenters. The number of hydrogen-bond donors (Lipinski definition) is 0. The molecule has 64 heavy (non-hydrogen) atoms. The number of aromatic nitrogens is 1. The lowest BCUT2D eigenvalue weighted by molar-refractivity contribution is 1.18. The van der Waals surface area contributed by atoms with Crippen LogP contribution in [-0.4, -0.2) is 4.57 Å². The third-order valence-electron chi connectivity index (χ3n) is 13.3. The fourth-order valence-corrected chi connectivity index (χ4v) is 10.5. The van der Waals surface area contributed by atoms with E-state index in [0.717, 1.165) is 22.7 Å². The highest BCUT2D eigenvalue weighted by Gasteiger charge is 2.23. The third kappa shape index (κ3) is 5.66. The molecule has 0 amide bonds. The first kappa shape index (κ1) is 36.2. The Balaban J connectivity index is 1.12. The number of nitrogens with zero attached hydrogens (tertiary/aromatic N) is 2. The second kappa shape index (κ2) is 14.6. The molecule has 12 aromatic carbocycles. The van der Waals surface area contributed by atoms with Gasteiger partial charge in [0.2, 0.25) is 0 Å². The Kier molecular flexibility index (Phi) is 8.25. The van der Waals surface area contributed by atoms with E-state index >= 15 is 0 Å². The molecule has 298 valence electrons. The smallest absolute Gasteiger partial charge is 0.0542 e. The van der Waals surface area contributed by atoms with Crippen molar-refractivity contribution in [2.45, 2.75) is 0 Å². The van der Waals surface area contributed by atoms with Crippen molar-refractivity contribution in [3.05, 3.63) is 243 Å². The first-order chi connectivity index (χ1) is 31.8. The van der Waals surface area contributed by atoms with Crippen molar-refractivity contribution < 1.29 is 0 Å². The molecule has 0 aliphatic rings. The van der Waals surface area contributed by atoms with Crippen LogP contribution in [0.5, 0.6) is 0 Å². The van der Waals surface area contributed by atoms with Gasteiger partial charge in [0.1, 0.15) is 0 Å². The van der Waals surface area contributed by atoms with Crippen LogP contribution in [-0.2, 0) is 0 Å². The summed E-state index contributed by atoms with van der Waals surface area (Å²) in [4.78, 5) is 2.49. The first-order valence-corrected chi connectivity index (χ1v) is 22.1. The van der Waals surface area contributed by atoms with Crippen molar-refractivity contribution in [1.29, 1.82) is 0 Å². The maximum absolute atomic E-state index is 2.49. The van der Waals surface area contributed by atoms with Gasteiger partial charge in [-0.3, -0.25) is 0 Å². The van der Waals surface area contributed by atoms with E-state index in [2.05, 4.69) is 252 Å². The summed E-state index contributed by atoms with van der Waals surface area (Å²) in [6, 6.07) is 89.3. The zero-order valence-electron chi connectivity index (χ0n) is 35.0. The Morgan fingerprint density at radius 3 is 1.56 bits per heavy atom. The number of hydrogen-bond acceptors (Lipinski definition) is 1. The van der Waals surface area contributed by atoms with E-state index in [9.17, 15) is 0 Å². The highest BCUT2D eigenvalue weighted by Crippen LogP contribution is 2.48. The van der Waals surface area contributed by atoms with Crippen molar-refractivity contribution in [2.75, 3.05) is 4.90 Å². The maximum atomic E-state index is 2.49. The zero-order valence-corrected chi connectivity index (χ0v) is 35.0. The van der Waals surface area contributed by atoms with E-state index in [0.29, 0.717) is 0 Å². The summed E-state index contributed by atoms with van der Waals surface area (Å²) < 4.78 is 2.42. The van der Waals surface area contributed by atoms with Crippen molar-refractivity contribution >= 4 is 92.7 Å².